The molecule has 0 aliphatic carbocycles. The van der Waals surface area contributed by atoms with E-state index in [0.717, 1.165) is 28.9 Å². The summed E-state index contributed by atoms with van der Waals surface area (Å²) in [6.07, 6.45) is 0.792. The molecule has 2 N–H and O–H groups in total. The Bertz CT molecular complexity index is 599. The van der Waals surface area contributed by atoms with Crippen molar-refractivity contribution in [1.82, 2.24) is 0 Å². The molecule has 0 bridgehead atoms. The molecule has 106 valence electrons. The number of rotatable bonds is 5. The topological polar surface area (TPSA) is 35.2 Å². The zero-order valence-corrected chi connectivity index (χ0v) is 12.8. The van der Waals surface area contributed by atoms with Crippen molar-refractivity contribution in [1.29, 1.82) is 0 Å². The van der Waals surface area contributed by atoms with Crippen molar-refractivity contribution in [2.75, 3.05) is 6.54 Å². The minimum absolute atomic E-state index is 0.391. The van der Waals surface area contributed by atoms with Crippen LogP contribution >= 0.6 is 23.2 Å². The molecule has 0 saturated carbocycles. The summed E-state index contributed by atoms with van der Waals surface area (Å²) in [5.41, 5.74) is 8.72. The second-order valence-electron chi connectivity index (χ2n) is 4.63. The lowest BCUT2D eigenvalue weighted by molar-refractivity contribution is 0.301. The van der Waals surface area contributed by atoms with Crippen molar-refractivity contribution < 1.29 is 4.74 Å². The van der Waals surface area contributed by atoms with Gasteiger partial charge in [-0.15, -0.1) is 0 Å². The molecule has 20 heavy (non-hydrogen) atoms. The van der Waals surface area contributed by atoms with Gasteiger partial charge in [0.05, 0.1) is 0 Å². The molecule has 2 aromatic carbocycles. The van der Waals surface area contributed by atoms with Crippen LogP contribution in [-0.4, -0.2) is 6.54 Å². The lowest BCUT2D eigenvalue weighted by Crippen LogP contribution is -2.06. The SMILES string of the molecule is Cc1cccc(CCN)c1OCc1cc(Cl)ccc1Cl. The summed E-state index contributed by atoms with van der Waals surface area (Å²) in [6.45, 7) is 3.01. The van der Waals surface area contributed by atoms with E-state index in [0.29, 0.717) is 23.2 Å². The van der Waals surface area contributed by atoms with Gasteiger partial charge in [-0.2, -0.15) is 0 Å². The van der Waals surface area contributed by atoms with Crippen LogP contribution in [0.2, 0.25) is 10.0 Å². The Balaban J connectivity index is 2.20. The van der Waals surface area contributed by atoms with Crippen LogP contribution in [0.5, 0.6) is 5.75 Å². The highest BCUT2D eigenvalue weighted by Crippen LogP contribution is 2.27. The first kappa shape index (κ1) is 15.2. The van der Waals surface area contributed by atoms with Gasteiger partial charge in [0.15, 0.2) is 0 Å². The minimum atomic E-state index is 0.391. The molecule has 0 fully saturated rings. The molecule has 2 rings (SSSR count). The normalized spacial score (nSPS) is 10.6. The number of hydrogen-bond donors (Lipinski definition) is 1. The van der Waals surface area contributed by atoms with E-state index >= 15 is 0 Å². The predicted octanol–water partition coefficient (Wildman–Crippen LogP) is 4.38. The molecule has 0 radical (unpaired) electrons. The molecule has 0 aliphatic heterocycles. The van der Waals surface area contributed by atoms with Gasteiger partial charge in [0.1, 0.15) is 12.4 Å². The van der Waals surface area contributed by atoms with Crippen molar-refractivity contribution in [2.45, 2.75) is 20.0 Å². The third-order valence-electron chi connectivity index (χ3n) is 3.09. The average Bonchev–Trinajstić information content (AvgIpc) is 2.42. The predicted molar refractivity (Wildman–Crippen MR) is 84.7 cm³/mol. The number of hydrogen-bond acceptors (Lipinski definition) is 2. The van der Waals surface area contributed by atoms with Crippen LogP contribution in [0.4, 0.5) is 0 Å². The molecule has 0 aliphatic rings. The maximum absolute atomic E-state index is 6.14. The summed E-state index contributed by atoms with van der Waals surface area (Å²) in [4.78, 5) is 0. The number of nitrogens with two attached hydrogens (primary N) is 1. The van der Waals surface area contributed by atoms with E-state index in [2.05, 4.69) is 0 Å². The Labute approximate surface area is 129 Å². The summed E-state index contributed by atoms with van der Waals surface area (Å²) in [6, 6.07) is 11.4. The van der Waals surface area contributed by atoms with Gasteiger partial charge in [0, 0.05) is 15.6 Å². The van der Waals surface area contributed by atoms with Gasteiger partial charge in [-0.1, -0.05) is 41.4 Å². The van der Waals surface area contributed by atoms with Crippen molar-refractivity contribution in [3.05, 3.63) is 63.1 Å². The quantitative estimate of drug-likeness (QED) is 0.889. The maximum Gasteiger partial charge on any atom is 0.125 e. The maximum atomic E-state index is 6.14. The van der Waals surface area contributed by atoms with Gasteiger partial charge < -0.3 is 10.5 Å². The summed E-state index contributed by atoms with van der Waals surface area (Å²) in [7, 11) is 0. The second kappa shape index (κ2) is 6.98. The standard InChI is InChI=1S/C16H17Cl2NO/c1-11-3-2-4-12(7-8-19)16(11)20-10-13-9-14(17)5-6-15(13)18/h2-6,9H,7-8,10,19H2,1H3. The first-order valence-electron chi connectivity index (χ1n) is 6.47. The van der Waals surface area contributed by atoms with Crippen LogP contribution in [0, 0.1) is 6.92 Å². The number of para-hydroxylation sites is 1. The second-order valence-corrected chi connectivity index (χ2v) is 5.47. The highest BCUT2D eigenvalue weighted by atomic mass is 35.5. The van der Waals surface area contributed by atoms with E-state index in [1.807, 2.05) is 31.2 Å². The summed E-state index contributed by atoms with van der Waals surface area (Å²) in [5.74, 6) is 0.883. The number of benzene rings is 2. The van der Waals surface area contributed by atoms with E-state index < -0.39 is 0 Å². The van der Waals surface area contributed by atoms with Gasteiger partial charge in [-0.05, 0) is 49.2 Å². The smallest absolute Gasteiger partial charge is 0.125 e. The average molecular weight is 310 g/mol. The van der Waals surface area contributed by atoms with Crippen LogP contribution in [0.3, 0.4) is 0 Å². The Kier molecular flexibility index (Phi) is 5.30. The number of ether oxygens (including phenoxy) is 1. The van der Waals surface area contributed by atoms with Gasteiger partial charge in [0.2, 0.25) is 0 Å². The third-order valence-corrected chi connectivity index (χ3v) is 3.69. The zero-order valence-electron chi connectivity index (χ0n) is 11.3. The lowest BCUT2D eigenvalue weighted by atomic mass is 10.1. The van der Waals surface area contributed by atoms with Crippen LogP contribution in [0.25, 0.3) is 0 Å². The highest BCUT2D eigenvalue weighted by Gasteiger charge is 2.08. The Morgan fingerprint density at radius 3 is 2.65 bits per heavy atom. The van der Waals surface area contributed by atoms with E-state index in [-0.39, 0.29) is 0 Å². The monoisotopic (exact) mass is 309 g/mol. The molecule has 0 amide bonds. The van der Waals surface area contributed by atoms with Crippen LogP contribution < -0.4 is 10.5 Å². The molecule has 2 aromatic rings. The molecule has 0 saturated heterocycles. The molecule has 2 nitrogen and oxygen atoms in total. The van der Waals surface area contributed by atoms with Crippen molar-refractivity contribution in [2.24, 2.45) is 5.73 Å². The lowest BCUT2D eigenvalue weighted by Gasteiger charge is -2.14. The largest absolute Gasteiger partial charge is 0.488 e. The summed E-state index contributed by atoms with van der Waals surface area (Å²) < 4.78 is 5.94. The molecule has 0 heterocycles. The molecule has 4 heteroatoms. The Morgan fingerprint density at radius 2 is 1.90 bits per heavy atom. The summed E-state index contributed by atoms with van der Waals surface area (Å²) in [5, 5.41) is 1.31. The molecular formula is C16H17Cl2NO. The van der Waals surface area contributed by atoms with E-state index in [1.165, 1.54) is 0 Å². The van der Waals surface area contributed by atoms with Crippen molar-refractivity contribution in [3.8, 4) is 5.75 Å². The first-order valence-corrected chi connectivity index (χ1v) is 7.22. The van der Waals surface area contributed by atoms with Crippen molar-refractivity contribution >= 4 is 23.2 Å². The number of aryl methyl sites for hydroxylation is 1. The highest BCUT2D eigenvalue weighted by molar-refractivity contribution is 6.33. The molecule has 0 spiro atoms. The fraction of sp³-hybridized carbons (Fsp3) is 0.250. The van der Waals surface area contributed by atoms with E-state index in [1.54, 1.807) is 12.1 Å². The van der Waals surface area contributed by atoms with Crippen LogP contribution in [0.15, 0.2) is 36.4 Å². The van der Waals surface area contributed by atoms with E-state index in [4.69, 9.17) is 33.7 Å². The van der Waals surface area contributed by atoms with Crippen LogP contribution in [0.1, 0.15) is 16.7 Å². The molecule has 0 unspecified atom stereocenters. The van der Waals surface area contributed by atoms with Crippen molar-refractivity contribution in [3.63, 3.8) is 0 Å². The van der Waals surface area contributed by atoms with Gasteiger partial charge >= 0.3 is 0 Å². The zero-order chi connectivity index (χ0) is 14.5. The van der Waals surface area contributed by atoms with Gasteiger partial charge in [-0.25, -0.2) is 0 Å². The van der Waals surface area contributed by atoms with E-state index in [9.17, 15) is 0 Å². The van der Waals surface area contributed by atoms with Gasteiger partial charge in [0.25, 0.3) is 0 Å². The number of halogens is 2. The molecular weight excluding hydrogens is 293 g/mol. The fourth-order valence-electron chi connectivity index (χ4n) is 2.08. The minimum Gasteiger partial charge on any atom is -0.488 e. The Hall–Kier alpha value is -1.22. The third kappa shape index (κ3) is 3.66. The fourth-order valence-corrected chi connectivity index (χ4v) is 2.44. The molecule has 0 aromatic heterocycles. The molecule has 0 atom stereocenters. The summed E-state index contributed by atoms with van der Waals surface area (Å²) >= 11 is 12.1. The van der Waals surface area contributed by atoms with Gasteiger partial charge in [-0.3, -0.25) is 0 Å². The van der Waals surface area contributed by atoms with Crippen LogP contribution in [-0.2, 0) is 13.0 Å². The Morgan fingerprint density at radius 1 is 1.10 bits per heavy atom. The first-order chi connectivity index (χ1) is 9.61.